The predicted octanol–water partition coefficient (Wildman–Crippen LogP) is 4.69. The van der Waals surface area contributed by atoms with Crippen molar-refractivity contribution < 1.29 is 75.8 Å². The highest BCUT2D eigenvalue weighted by Gasteiger charge is 2.48. The molecule has 0 saturated carbocycles. The van der Waals surface area contributed by atoms with Gasteiger partial charge in [-0.3, -0.25) is 52.7 Å². The molecule has 0 bridgehead atoms. The van der Waals surface area contributed by atoms with Gasteiger partial charge in [0.05, 0.1) is 18.3 Å². The van der Waals surface area contributed by atoms with Crippen LogP contribution in [0.4, 0.5) is 13.2 Å². The quantitative estimate of drug-likeness (QED) is 0.133. The van der Waals surface area contributed by atoms with Crippen LogP contribution in [0.25, 0.3) is 5.57 Å². The average Bonchev–Trinajstić information content (AvgIpc) is 0.777. The fraction of sp³-hybridized carbons (Fsp3) is 0.732. The van der Waals surface area contributed by atoms with E-state index >= 15 is 28.8 Å². The third-order valence-electron chi connectivity index (χ3n) is 18.6. The Morgan fingerprint density at radius 3 is 1.37 bits per heavy atom. The van der Waals surface area contributed by atoms with Crippen LogP contribution in [-0.4, -0.2) is 259 Å². The molecule has 1 aromatic rings. The van der Waals surface area contributed by atoms with Crippen molar-refractivity contribution in [2.75, 3.05) is 76.6 Å². The fourth-order valence-electron chi connectivity index (χ4n) is 12.5. The molecule has 28 heteroatoms. The van der Waals surface area contributed by atoms with Crippen molar-refractivity contribution in [2.45, 2.75) is 221 Å². The van der Waals surface area contributed by atoms with E-state index in [1.54, 1.807) is 59.7 Å². The van der Waals surface area contributed by atoms with Crippen LogP contribution < -0.4 is 21.3 Å². The van der Waals surface area contributed by atoms with E-state index in [1.165, 1.54) is 94.9 Å². The second-order valence-corrected chi connectivity index (χ2v) is 29.6. The summed E-state index contributed by atoms with van der Waals surface area (Å²) in [5.74, 6) is -11.8. The molecule has 0 radical (unpaired) electrons. The summed E-state index contributed by atoms with van der Waals surface area (Å²) < 4.78 is 47.6. The van der Waals surface area contributed by atoms with Gasteiger partial charge in [-0.2, -0.15) is 13.2 Å². The second kappa shape index (κ2) is 37.5. The first-order valence-electron chi connectivity index (χ1n) is 34.7. The van der Waals surface area contributed by atoms with Crippen LogP contribution in [0.5, 0.6) is 0 Å². The molecular weight excluding hydrogens is 1290 g/mol. The summed E-state index contributed by atoms with van der Waals surface area (Å²) in [6.45, 7) is 25.8. The predicted molar refractivity (Wildman–Crippen MR) is 371 cm³/mol. The summed E-state index contributed by atoms with van der Waals surface area (Å²) in [6, 6.07) is -9.41. The lowest BCUT2D eigenvalue weighted by Crippen LogP contribution is -2.64. The molecule has 2 aliphatic rings. The highest BCUT2D eigenvalue weighted by molar-refractivity contribution is 6.00. The van der Waals surface area contributed by atoms with Gasteiger partial charge in [0.2, 0.25) is 65.3 Å². The maximum absolute atomic E-state index is 15.6. The van der Waals surface area contributed by atoms with Gasteiger partial charge < -0.3 is 70.3 Å². The standard InChI is InChI=1S/C71H117F3N12O13/c1-25-50-64(93)86(24)70(99-33-32-79(16)17)69(98)81(19)52(35-39(4)5)61(90)78-55(42(10)11)67(96)80(18)51(34-38(2)3)60(89)75-44(14)59(88)76-45(15)63(92)82(20)53(36-40(6)7)65(94)83(21)54(37-41(8)9)66(95)84(22)56(43(12)13)68(97)85(23)57(62(91)77-50)58(87)49-31-30-48(49)46-26-28-47(29-27-46)71(72,73)74/h26-30,38-45,49-58,70,87H,25,31-37H2,1-24H3,(H,75,89)(H,76,88)(H,77,91)(H,78,90)/t44-,45+,49?,50-,51-,52-,53-,54-,55?,56?,57?,58+,70?/m0/s1. The molecule has 11 amide bonds. The van der Waals surface area contributed by atoms with Crippen LogP contribution in [0.1, 0.15) is 154 Å². The number of ether oxygens (including phenoxy) is 1. The largest absolute Gasteiger partial charge is 0.416 e. The molecule has 99 heavy (non-hydrogen) atoms. The minimum absolute atomic E-state index is 0.0397. The molecule has 1 aliphatic carbocycles. The van der Waals surface area contributed by atoms with Crippen molar-refractivity contribution in [3.05, 3.63) is 41.5 Å². The Morgan fingerprint density at radius 1 is 0.505 bits per heavy atom. The molecule has 5 N–H and O–H groups in total. The molecule has 13 atom stereocenters. The summed E-state index contributed by atoms with van der Waals surface area (Å²) in [4.78, 5) is 174. The number of hydrogen-bond acceptors (Lipinski definition) is 14. The van der Waals surface area contributed by atoms with Crippen LogP contribution in [0, 0.1) is 41.4 Å². The maximum Gasteiger partial charge on any atom is 0.416 e. The first kappa shape index (κ1) is 86.0. The van der Waals surface area contributed by atoms with Crippen LogP contribution in [0.2, 0.25) is 0 Å². The van der Waals surface area contributed by atoms with Crippen LogP contribution in [-0.2, 0) is 63.7 Å². The average molecular weight is 1400 g/mol. The lowest BCUT2D eigenvalue weighted by molar-refractivity contribution is -0.168. The molecule has 0 aromatic heterocycles. The molecule has 1 heterocycles. The number of hydrogen-bond donors (Lipinski definition) is 5. The Kier molecular flexibility index (Phi) is 32.6. The Morgan fingerprint density at radius 2 is 0.939 bits per heavy atom. The topological polar surface area (TPSA) is 291 Å². The number of carbonyl (C=O) groups is 11. The lowest BCUT2D eigenvalue weighted by atomic mass is 9.74. The fourth-order valence-corrected chi connectivity index (χ4v) is 12.5. The number of nitrogens with one attached hydrogen (secondary N) is 4. The minimum atomic E-state index is -4.66. The number of nitrogens with zero attached hydrogens (tertiary/aromatic N) is 8. The Bertz CT molecular complexity index is 3000. The van der Waals surface area contributed by atoms with E-state index in [1.807, 2.05) is 55.4 Å². The first-order valence-corrected chi connectivity index (χ1v) is 34.7. The van der Waals surface area contributed by atoms with E-state index in [0.29, 0.717) is 11.1 Å². The molecule has 560 valence electrons. The number of benzene rings is 1. The first-order chi connectivity index (χ1) is 45.7. The Labute approximate surface area is 585 Å². The van der Waals surface area contributed by atoms with Gasteiger partial charge in [-0.1, -0.05) is 108 Å². The number of aliphatic hydroxyl groups is 1. The summed E-state index contributed by atoms with van der Waals surface area (Å²) >= 11 is 0. The van der Waals surface area contributed by atoms with Crippen molar-refractivity contribution in [3.8, 4) is 0 Å². The van der Waals surface area contributed by atoms with Gasteiger partial charge in [0, 0.05) is 61.8 Å². The monoisotopic (exact) mass is 1400 g/mol. The van der Waals surface area contributed by atoms with Gasteiger partial charge in [0.15, 0.2) is 0 Å². The van der Waals surface area contributed by atoms with Crippen molar-refractivity contribution in [1.82, 2.24) is 60.5 Å². The van der Waals surface area contributed by atoms with Crippen molar-refractivity contribution in [1.29, 1.82) is 0 Å². The third-order valence-corrected chi connectivity index (χ3v) is 18.6. The van der Waals surface area contributed by atoms with E-state index in [4.69, 9.17) is 4.74 Å². The number of amides is 11. The van der Waals surface area contributed by atoms with E-state index in [9.17, 15) is 42.3 Å². The number of allylic oxidation sites excluding steroid dienone is 1. The number of alkyl halides is 3. The smallest absolute Gasteiger partial charge is 0.390 e. The van der Waals surface area contributed by atoms with Gasteiger partial charge in [-0.25, -0.2) is 0 Å². The number of carbonyl (C=O) groups excluding carboxylic acids is 11. The molecule has 5 unspecified atom stereocenters. The Hall–Kier alpha value is -7.20. The number of halogens is 3. The van der Waals surface area contributed by atoms with E-state index in [-0.39, 0.29) is 75.3 Å². The van der Waals surface area contributed by atoms with Crippen LogP contribution in [0.3, 0.4) is 0 Å². The van der Waals surface area contributed by atoms with Crippen LogP contribution in [0.15, 0.2) is 30.3 Å². The number of likely N-dealkylation sites (N-methyl/N-ethyl adjacent to an activating group) is 8. The summed E-state index contributed by atoms with van der Waals surface area (Å²) in [5, 5.41) is 23.6. The zero-order valence-corrected chi connectivity index (χ0v) is 63.1. The summed E-state index contributed by atoms with van der Waals surface area (Å²) in [7, 11) is 13.0. The molecule has 1 fully saturated rings. The SMILES string of the molecule is CC[C@@H]1NC(=O)C([C@H](O)C2CC=C2c2ccc(C(F)(F)F)cc2)N(C)C(=O)C(C(C)C)N(C)C(=O)[C@H](CC(C)C)N(C)C(=O)[C@H](CC(C)C)N(C)C(=O)[C@@H](C)NC(=O)[C@H](C)NC(=O)[C@H](CC(C)C)N(C)C(=O)C(C(C)C)NC(=O)[C@H](CC(C)C)N(C)C(=O)C(OCCN(C)C)N(C)C1=O. The normalized spacial score (nSPS) is 26.7. The zero-order chi connectivity index (χ0) is 75.9. The van der Waals surface area contributed by atoms with Gasteiger partial charge in [-0.15, -0.1) is 0 Å². The zero-order valence-electron chi connectivity index (χ0n) is 63.1. The van der Waals surface area contributed by atoms with Crippen molar-refractivity contribution in [2.24, 2.45) is 41.4 Å². The maximum atomic E-state index is 15.6. The summed E-state index contributed by atoms with van der Waals surface area (Å²) in [5.41, 5.74) is -0.267. The van der Waals surface area contributed by atoms with Gasteiger partial charge in [0.25, 0.3) is 5.91 Å². The minimum Gasteiger partial charge on any atom is -0.390 e. The highest BCUT2D eigenvalue weighted by atomic mass is 19.4. The van der Waals surface area contributed by atoms with E-state index in [0.717, 1.165) is 26.8 Å². The van der Waals surface area contributed by atoms with E-state index < -0.39 is 167 Å². The Balaban J connectivity index is 2.44. The van der Waals surface area contributed by atoms with Gasteiger partial charge in [0.1, 0.15) is 60.4 Å². The number of aliphatic hydroxyl groups excluding tert-OH is 1. The molecule has 1 aromatic carbocycles. The lowest BCUT2D eigenvalue weighted by Gasteiger charge is -2.43. The van der Waals surface area contributed by atoms with Crippen LogP contribution >= 0.6 is 0 Å². The molecule has 0 spiro atoms. The van der Waals surface area contributed by atoms with E-state index in [2.05, 4.69) is 21.3 Å². The second-order valence-electron chi connectivity index (χ2n) is 29.6. The van der Waals surface area contributed by atoms with Crippen molar-refractivity contribution in [3.63, 3.8) is 0 Å². The third kappa shape index (κ3) is 22.6. The molecule has 25 nitrogen and oxygen atoms in total. The number of rotatable bonds is 18. The molecule has 1 saturated heterocycles. The highest BCUT2D eigenvalue weighted by Crippen LogP contribution is 2.41. The summed E-state index contributed by atoms with van der Waals surface area (Å²) in [6.07, 6.45) is -6.33. The molecule has 3 rings (SSSR count). The molecular formula is C71H117F3N12O13. The molecule has 1 aliphatic heterocycles. The van der Waals surface area contributed by atoms with Gasteiger partial charge in [-0.05, 0) is 125 Å². The van der Waals surface area contributed by atoms with Crippen molar-refractivity contribution >= 4 is 70.6 Å². The van der Waals surface area contributed by atoms with Gasteiger partial charge >= 0.3 is 6.18 Å².